The highest BCUT2D eigenvalue weighted by atomic mass is 19.1. The third-order valence-electron chi connectivity index (χ3n) is 5.82. The second kappa shape index (κ2) is 8.47. The molecule has 168 valence electrons. The number of anilines is 2. The Balaban J connectivity index is 1.47. The van der Waals surface area contributed by atoms with Crippen molar-refractivity contribution in [1.29, 1.82) is 5.26 Å². The Morgan fingerprint density at radius 1 is 1.34 bits per heavy atom. The summed E-state index contributed by atoms with van der Waals surface area (Å²) in [7, 11) is 0. The van der Waals surface area contributed by atoms with Gasteiger partial charge >= 0.3 is 6.09 Å². The third-order valence-corrected chi connectivity index (χ3v) is 5.82. The third kappa shape index (κ3) is 4.65. The van der Waals surface area contributed by atoms with Gasteiger partial charge in [-0.2, -0.15) is 10.4 Å². The molecule has 1 saturated heterocycles. The number of piperidine rings is 1. The van der Waals surface area contributed by atoms with Crippen molar-refractivity contribution in [2.75, 3.05) is 25.0 Å². The minimum atomic E-state index is -0.689. The smallest absolute Gasteiger partial charge is 0.409 e. The Bertz CT molecular complexity index is 1060. The second-order valence-corrected chi connectivity index (χ2v) is 8.32. The maximum Gasteiger partial charge on any atom is 0.409 e. The highest BCUT2D eigenvalue weighted by Gasteiger charge is 2.41. The number of amides is 2. The van der Waals surface area contributed by atoms with Crippen molar-refractivity contribution in [1.82, 2.24) is 14.7 Å². The fraction of sp³-hybridized carbons (Fsp3) is 0.429. The van der Waals surface area contributed by atoms with Gasteiger partial charge in [0.25, 0.3) is 5.91 Å². The number of carbonyl (C=O) groups excluding carboxylic acids is 2. The first kappa shape index (κ1) is 21.6. The van der Waals surface area contributed by atoms with Crippen LogP contribution >= 0.6 is 0 Å². The molecule has 0 spiro atoms. The number of halogens is 1. The molecule has 0 unspecified atom stereocenters. The van der Waals surface area contributed by atoms with E-state index in [1.54, 1.807) is 0 Å². The fourth-order valence-corrected chi connectivity index (χ4v) is 3.65. The average molecular weight is 441 g/mol. The van der Waals surface area contributed by atoms with Crippen molar-refractivity contribution in [3.63, 3.8) is 0 Å². The Morgan fingerprint density at radius 2 is 2.06 bits per heavy atom. The zero-order valence-corrected chi connectivity index (χ0v) is 17.3. The molecule has 1 saturated carbocycles. The monoisotopic (exact) mass is 441 g/mol. The molecule has 2 heterocycles. The van der Waals surface area contributed by atoms with E-state index in [4.69, 9.17) is 16.2 Å². The SMILES string of the molecule is N#C[C@@H]1CN(C(=O)OCC2(N)CC2)CC[C@H]1n1cc(C(N)=O)c(Nc2ccc(F)cc2)n1. The molecule has 2 atom stereocenters. The van der Waals surface area contributed by atoms with E-state index in [2.05, 4.69) is 16.5 Å². The molecule has 0 radical (unpaired) electrons. The number of benzene rings is 1. The molecule has 32 heavy (non-hydrogen) atoms. The molecule has 4 rings (SSSR count). The van der Waals surface area contributed by atoms with Crippen LogP contribution in [0.2, 0.25) is 0 Å². The molecule has 2 aliphatic rings. The number of ether oxygens (including phenoxy) is 1. The van der Waals surface area contributed by atoms with Crippen molar-refractivity contribution in [2.45, 2.75) is 30.8 Å². The van der Waals surface area contributed by atoms with Gasteiger partial charge in [-0.3, -0.25) is 9.48 Å². The zero-order valence-electron chi connectivity index (χ0n) is 17.3. The van der Waals surface area contributed by atoms with Crippen molar-refractivity contribution >= 4 is 23.5 Å². The van der Waals surface area contributed by atoms with Crippen molar-refractivity contribution < 1.29 is 18.7 Å². The van der Waals surface area contributed by atoms with E-state index in [-0.39, 0.29) is 30.6 Å². The highest BCUT2D eigenvalue weighted by molar-refractivity contribution is 5.98. The van der Waals surface area contributed by atoms with Gasteiger partial charge in [0.05, 0.1) is 23.6 Å². The first-order valence-electron chi connectivity index (χ1n) is 10.3. The van der Waals surface area contributed by atoms with E-state index in [0.29, 0.717) is 18.7 Å². The number of nitrogens with one attached hydrogen (secondary N) is 1. The van der Waals surface area contributed by atoms with Crippen LogP contribution in [0.4, 0.5) is 20.7 Å². The normalized spacial score (nSPS) is 21.5. The predicted octanol–water partition coefficient (Wildman–Crippen LogP) is 1.88. The van der Waals surface area contributed by atoms with Gasteiger partial charge in [0.15, 0.2) is 5.82 Å². The minimum Gasteiger partial charge on any atom is -0.447 e. The molecule has 2 aromatic rings. The highest BCUT2D eigenvalue weighted by Crippen LogP contribution is 2.33. The van der Waals surface area contributed by atoms with Crippen LogP contribution < -0.4 is 16.8 Å². The summed E-state index contributed by atoms with van der Waals surface area (Å²) in [6, 6.07) is 7.43. The molecule has 2 amide bonds. The van der Waals surface area contributed by atoms with Crippen LogP contribution in [0.15, 0.2) is 30.5 Å². The lowest BCUT2D eigenvalue weighted by atomic mass is 9.94. The van der Waals surface area contributed by atoms with Crippen LogP contribution in [-0.4, -0.2) is 51.9 Å². The summed E-state index contributed by atoms with van der Waals surface area (Å²) in [4.78, 5) is 25.8. The topological polar surface area (TPSA) is 152 Å². The van der Waals surface area contributed by atoms with Gasteiger partial charge in [-0.15, -0.1) is 0 Å². The van der Waals surface area contributed by atoms with E-state index < -0.39 is 29.3 Å². The molecule has 11 heteroatoms. The quantitative estimate of drug-likeness (QED) is 0.619. The molecule has 1 aromatic heterocycles. The Morgan fingerprint density at radius 3 is 2.69 bits per heavy atom. The summed E-state index contributed by atoms with van der Waals surface area (Å²) < 4.78 is 20.0. The summed E-state index contributed by atoms with van der Waals surface area (Å²) in [6.45, 7) is 0.707. The fourth-order valence-electron chi connectivity index (χ4n) is 3.65. The molecular weight excluding hydrogens is 417 g/mol. The summed E-state index contributed by atoms with van der Waals surface area (Å²) in [5.41, 5.74) is 11.7. The average Bonchev–Trinajstić information content (AvgIpc) is 3.37. The van der Waals surface area contributed by atoms with E-state index in [0.717, 1.165) is 12.8 Å². The van der Waals surface area contributed by atoms with Crippen LogP contribution in [-0.2, 0) is 4.74 Å². The number of hydrogen-bond acceptors (Lipinski definition) is 7. The predicted molar refractivity (Wildman–Crippen MR) is 112 cm³/mol. The number of carbonyl (C=O) groups is 2. The van der Waals surface area contributed by atoms with Crippen LogP contribution in [0.1, 0.15) is 35.7 Å². The number of primary amides is 1. The second-order valence-electron chi connectivity index (χ2n) is 8.32. The van der Waals surface area contributed by atoms with Crippen molar-refractivity contribution in [3.05, 3.63) is 41.8 Å². The van der Waals surface area contributed by atoms with Gasteiger partial charge < -0.3 is 26.4 Å². The summed E-state index contributed by atoms with van der Waals surface area (Å²) in [6.07, 6.45) is 3.11. The van der Waals surface area contributed by atoms with Gasteiger partial charge in [-0.05, 0) is 43.5 Å². The maximum atomic E-state index is 13.2. The van der Waals surface area contributed by atoms with Crippen LogP contribution in [0.25, 0.3) is 0 Å². The molecule has 1 aliphatic carbocycles. The van der Waals surface area contributed by atoms with E-state index >= 15 is 0 Å². The first-order chi connectivity index (χ1) is 15.3. The summed E-state index contributed by atoms with van der Waals surface area (Å²) >= 11 is 0. The Labute approximate surface area is 183 Å². The number of rotatable bonds is 6. The van der Waals surface area contributed by atoms with Crippen LogP contribution in [0, 0.1) is 23.1 Å². The lowest BCUT2D eigenvalue weighted by molar-refractivity contribution is 0.0720. The lowest BCUT2D eigenvalue weighted by Crippen LogP contribution is -2.45. The van der Waals surface area contributed by atoms with Gasteiger partial charge in [-0.25, -0.2) is 9.18 Å². The molecule has 2 fully saturated rings. The van der Waals surface area contributed by atoms with E-state index in [1.165, 1.54) is 40.0 Å². The van der Waals surface area contributed by atoms with Crippen LogP contribution in [0.5, 0.6) is 0 Å². The Hall–Kier alpha value is -3.65. The van der Waals surface area contributed by atoms with Crippen LogP contribution in [0.3, 0.4) is 0 Å². The van der Waals surface area contributed by atoms with Gasteiger partial charge in [0.2, 0.25) is 0 Å². The number of likely N-dealkylation sites (tertiary alicyclic amines) is 1. The lowest BCUT2D eigenvalue weighted by Gasteiger charge is -2.35. The van der Waals surface area contributed by atoms with Gasteiger partial charge in [-0.1, -0.05) is 0 Å². The summed E-state index contributed by atoms with van der Waals surface area (Å²) in [5, 5.41) is 17.1. The minimum absolute atomic E-state index is 0.144. The Kier molecular flexibility index (Phi) is 5.71. The number of nitriles is 1. The largest absolute Gasteiger partial charge is 0.447 e. The standard InChI is InChI=1S/C21H24FN7O3/c22-14-1-3-15(4-2-14)26-19-16(18(24)30)11-29(27-19)17-5-8-28(10-13(17)9-23)20(31)32-12-21(25)6-7-21/h1-4,11,13,17H,5-8,10,12,25H2,(H2,24,30)(H,26,27)/t13-,17-/m1/s1. The molecule has 5 N–H and O–H groups in total. The summed E-state index contributed by atoms with van der Waals surface area (Å²) in [5.74, 6) is -1.44. The molecular formula is C21H24FN7O3. The number of nitrogens with two attached hydrogens (primary N) is 2. The first-order valence-corrected chi connectivity index (χ1v) is 10.3. The molecule has 0 bridgehead atoms. The molecule has 1 aliphatic heterocycles. The molecule has 1 aromatic carbocycles. The van der Waals surface area contributed by atoms with Crippen molar-refractivity contribution in [3.8, 4) is 6.07 Å². The number of nitrogens with zero attached hydrogens (tertiary/aromatic N) is 4. The number of aromatic nitrogens is 2. The van der Waals surface area contributed by atoms with Gasteiger partial charge in [0.1, 0.15) is 18.0 Å². The van der Waals surface area contributed by atoms with Crippen molar-refractivity contribution in [2.24, 2.45) is 17.4 Å². The number of hydrogen-bond donors (Lipinski definition) is 3. The van der Waals surface area contributed by atoms with E-state index in [1.807, 2.05) is 0 Å². The van der Waals surface area contributed by atoms with Gasteiger partial charge in [0, 0.05) is 25.0 Å². The zero-order chi connectivity index (χ0) is 22.9. The molecule has 10 nitrogen and oxygen atoms in total. The maximum absolute atomic E-state index is 13.2. The van der Waals surface area contributed by atoms with E-state index in [9.17, 15) is 19.2 Å².